The predicted molar refractivity (Wildman–Crippen MR) is 85.1 cm³/mol. The van der Waals surface area contributed by atoms with E-state index in [4.69, 9.17) is 0 Å². The Morgan fingerprint density at radius 1 is 0.333 bits per heavy atom. The van der Waals surface area contributed by atoms with E-state index in [2.05, 4.69) is 91.0 Å². The monoisotopic (exact) mass is 694 g/mol. The average molecular weight is 697 g/mol. The standard InChI is InChI=1S/C18H15P.7ClH.Re/c1-4-10-16(11-5-1)19(17-12-6-2-7-13-17)18-14-8-3-9-15-18;;;;;;;;/h1-15H;7*1H;/q;;;;;;;;+7/p-7. The van der Waals surface area contributed by atoms with E-state index in [1.54, 1.807) is 0 Å². The molecule has 0 N–H and O–H groups in total. The van der Waals surface area contributed by atoms with Crippen LogP contribution in [0.15, 0.2) is 91.0 Å². The molecule has 0 aliphatic carbocycles. The zero-order valence-corrected chi connectivity index (χ0v) is 22.5. The first-order valence-corrected chi connectivity index (χ1v) is 7.74. The summed E-state index contributed by atoms with van der Waals surface area (Å²) in [7, 11) is -0.446. The summed E-state index contributed by atoms with van der Waals surface area (Å²) in [6.45, 7) is 0. The Bertz CT molecular complexity index is 552. The maximum absolute atomic E-state index is 2.23. The van der Waals surface area contributed by atoms with E-state index in [1.165, 1.54) is 15.9 Å². The normalized spacial score (nSPS) is 7.44. The van der Waals surface area contributed by atoms with E-state index < -0.39 is 7.92 Å². The number of rotatable bonds is 3. The van der Waals surface area contributed by atoms with Crippen molar-refractivity contribution in [1.82, 2.24) is 0 Å². The second-order valence-electron chi connectivity index (χ2n) is 4.34. The smallest absolute Gasteiger partial charge is 1.00 e. The molecular weight excluding hydrogens is 682 g/mol. The first-order chi connectivity index (χ1) is 9.45. The van der Waals surface area contributed by atoms with Crippen molar-refractivity contribution < 1.29 is 107 Å². The van der Waals surface area contributed by atoms with Crippen LogP contribution in [-0.4, -0.2) is 0 Å². The van der Waals surface area contributed by atoms with Crippen molar-refractivity contribution >= 4 is 23.8 Å². The molecule has 0 spiro atoms. The zero-order valence-electron chi connectivity index (χ0n) is 13.6. The fraction of sp³-hybridized carbons (Fsp3) is 0. The van der Waals surface area contributed by atoms with Crippen LogP contribution >= 0.6 is 7.92 Å². The third kappa shape index (κ3) is 12.2. The fourth-order valence-electron chi connectivity index (χ4n) is 2.18. The molecule has 3 aromatic rings. The first kappa shape index (κ1) is 42.0. The van der Waals surface area contributed by atoms with Gasteiger partial charge in [0.25, 0.3) is 0 Å². The van der Waals surface area contributed by atoms with Crippen LogP contribution in [0.25, 0.3) is 0 Å². The molecule has 3 rings (SSSR count). The summed E-state index contributed by atoms with van der Waals surface area (Å²) in [4.78, 5) is 0. The predicted octanol–water partition coefficient (Wildman–Crippen LogP) is -17.5. The quantitative estimate of drug-likeness (QED) is 0.239. The minimum atomic E-state index is -0.446. The van der Waals surface area contributed by atoms with Crippen LogP contribution in [0.2, 0.25) is 0 Å². The van der Waals surface area contributed by atoms with Gasteiger partial charge in [0.2, 0.25) is 0 Å². The molecule has 0 saturated carbocycles. The average Bonchev–Trinajstić information content (AvgIpc) is 2.51. The fourth-order valence-corrected chi connectivity index (χ4v) is 4.48. The molecule has 0 heterocycles. The molecule has 0 radical (unpaired) electrons. The van der Waals surface area contributed by atoms with Gasteiger partial charge in [0, 0.05) is 0 Å². The molecular formula is C18H15Cl7PRe. The minimum Gasteiger partial charge on any atom is -1.00 e. The summed E-state index contributed by atoms with van der Waals surface area (Å²) in [5, 5.41) is 4.19. The van der Waals surface area contributed by atoms with Gasteiger partial charge in [-0.25, -0.2) is 0 Å². The van der Waals surface area contributed by atoms with E-state index in [0.29, 0.717) is 0 Å². The molecule has 27 heavy (non-hydrogen) atoms. The second kappa shape index (κ2) is 23.1. The maximum atomic E-state index is 2.23. The molecule has 9 heteroatoms. The van der Waals surface area contributed by atoms with Crippen LogP contribution in [0.5, 0.6) is 0 Å². The summed E-state index contributed by atoms with van der Waals surface area (Å²) in [6.07, 6.45) is 0. The molecule has 0 nitrogen and oxygen atoms in total. The molecule has 0 unspecified atom stereocenters. The molecule has 0 atom stereocenters. The van der Waals surface area contributed by atoms with Crippen molar-refractivity contribution in [2.75, 3.05) is 0 Å². The van der Waals surface area contributed by atoms with Crippen LogP contribution in [-0.2, 0) is 20.4 Å². The summed E-state index contributed by atoms with van der Waals surface area (Å²) in [6, 6.07) is 32.3. The Morgan fingerprint density at radius 2 is 0.519 bits per heavy atom. The summed E-state index contributed by atoms with van der Waals surface area (Å²) >= 11 is 0. The largest absolute Gasteiger partial charge is 7.00 e. The van der Waals surface area contributed by atoms with E-state index in [-0.39, 0.29) is 107 Å². The minimum absolute atomic E-state index is 0. The van der Waals surface area contributed by atoms with Gasteiger partial charge in [0.1, 0.15) is 0 Å². The molecule has 0 aliphatic heterocycles. The van der Waals surface area contributed by atoms with Crippen molar-refractivity contribution in [1.29, 1.82) is 0 Å². The maximum Gasteiger partial charge on any atom is 7.00 e. The van der Waals surface area contributed by atoms with Gasteiger partial charge < -0.3 is 86.8 Å². The molecule has 0 fully saturated rings. The molecule has 0 aromatic heterocycles. The molecule has 148 valence electrons. The van der Waals surface area contributed by atoms with Gasteiger partial charge in [-0.3, -0.25) is 0 Å². The summed E-state index contributed by atoms with van der Waals surface area (Å²) < 4.78 is 0. The van der Waals surface area contributed by atoms with E-state index >= 15 is 0 Å². The van der Waals surface area contributed by atoms with Gasteiger partial charge in [-0.2, -0.15) is 0 Å². The Balaban J connectivity index is -0.000000138. The van der Waals surface area contributed by atoms with Crippen molar-refractivity contribution in [3.63, 3.8) is 0 Å². The van der Waals surface area contributed by atoms with Gasteiger partial charge in [0.05, 0.1) is 0 Å². The van der Waals surface area contributed by atoms with Crippen molar-refractivity contribution in [3.8, 4) is 0 Å². The third-order valence-electron chi connectivity index (χ3n) is 3.04. The molecule has 0 bridgehead atoms. The Labute approximate surface area is 220 Å². The van der Waals surface area contributed by atoms with Gasteiger partial charge >= 0.3 is 20.4 Å². The van der Waals surface area contributed by atoms with Gasteiger partial charge in [0.15, 0.2) is 0 Å². The third-order valence-corrected chi connectivity index (χ3v) is 5.49. The van der Waals surface area contributed by atoms with E-state index in [0.717, 1.165) is 0 Å². The van der Waals surface area contributed by atoms with E-state index in [9.17, 15) is 0 Å². The zero-order chi connectivity index (χ0) is 12.9. The van der Waals surface area contributed by atoms with Crippen LogP contribution in [0, 0.1) is 0 Å². The van der Waals surface area contributed by atoms with Crippen LogP contribution in [0.3, 0.4) is 0 Å². The van der Waals surface area contributed by atoms with Crippen molar-refractivity contribution in [2.24, 2.45) is 0 Å². The van der Waals surface area contributed by atoms with Gasteiger partial charge in [-0.05, 0) is 23.8 Å². The summed E-state index contributed by atoms with van der Waals surface area (Å²) in [5.41, 5.74) is 0. The SMILES string of the molecule is [Cl-].[Cl-].[Cl-].[Cl-].[Cl-].[Cl-].[Cl-].[Re+7].c1ccc(P(c2ccccc2)c2ccccc2)cc1. The Hall–Kier alpha value is 0.782. The van der Waals surface area contributed by atoms with Crippen molar-refractivity contribution in [2.45, 2.75) is 0 Å². The van der Waals surface area contributed by atoms with E-state index in [1.807, 2.05) is 0 Å². The Kier molecular flexibility index (Phi) is 35.9. The van der Waals surface area contributed by atoms with Crippen LogP contribution in [0.4, 0.5) is 0 Å². The number of hydrogen-bond acceptors (Lipinski definition) is 0. The number of hydrogen-bond donors (Lipinski definition) is 0. The molecule has 0 saturated heterocycles. The molecule has 0 amide bonds. The first-order valence-electron chi connectivity index (χ1n) is 6.40. The topological polar surface area (TPSA) is 0 Å². The summed E-state index contributed by atoms with van der Waals surface area (Å²) in [5.74, 6) is 0. The number of benzene rings is 3. The molecule has 3 aromatic carbocycles. The van der Waals surface area contributed by atoms with Crippen LogP contribution in [0.1, 0.15) is 0 Å². The van der Waals surface area contributed by atoms with Gasteiger partial charge in [-0.15, -0.1) is 0 Å². The number of halogens is 7. The van der Waals surface area contributed by atoms with Gasteiger partial charge in [-0.1, -0.05) is 91.0 Å². The van der Waals surface area contributed by atoms with Crippen LogP contribution < -0.4 is 103 Å². The second-order valence-corrected chi connectivity index (χ2v) is 6.56. The van der Waals surface area contributed by atoms with Crippen molar-refractivity contribution in [3.05, 3.63) is 91.0 Å². The Morgan fingerprint density at radius 3 is 0.704 bits per heavy atom. The molecule has 0 aliphatic rings.